The van der Waals surface area contributed by atoms with Gasteiger partial charge in [-0.3, -0.25) is 0 Å². The first-order chi connectivity index (χ1) is 7.85. The molecule has 2 N–H and O–H groups in total. The minimum absolute atomic E-state index is 0.0835. The lowest BCUT2D eigenvalue weighted by molar-refractivity contribution is 0.555. The molecule has 0 amide bonds. The SMILES string of the molecule is CNCc1cc(S(=O)(=O)NC2CC2(C)C)cs1. The summed E-state index contributed by atoms with van der Waals surface area (Å²) in [4.78, 5) is 1.42. The van der Waals surface area contributed by atoms with Crippen LogP contribution in [0.5, 0.6) is 0 Å². The maximum absolute atomic E-state index is 12.1. The van der Waals surface area contributed by atoms with E-state index in [-0.39, 0.29) is 11.5 Å². The third-order valence-corrected chi connectivity index (χ3v) is 5.64. The highest BCUT2D eigenvalue weighted by atomic mass is 32.2. The van der Waals surface area contributed by atoms with Gasteiger partial charge in [-0.1, -0.05) is 13.8 Å². The highest BCUT2D eigenvalue weighted by molar-refractivity contribution is 7.89. The van der Waals surface area contributed by atoms with Crippen molar-refractivity contribution in [1.29, 1.82) is 0 Å². The van der Waals surface area contributed by atoms with Gasteiger partial charge >= 0.3 is 0 Å². The normalized spacial score (nSPS) is 22.6. The van der Waals surface area contributed by atoms with Crippen LogP contribution in [0.2, 0.25) is 0 Å². The molecule has 1 saturated carbocycles. The zero-order valence-corrected chi connectivity index (χ0v) is 11.9. The fourth-order valence-corrected chi connectivity index (χ4v) is 4.39. The van der Waals surface area contributed by atoms with Gasteiger partial charge in [0.2, 0.25) is 10.0 Å². The molecule has 4 nitrogen and oxygen atoms in total. The van der Waals surface area contributed by atoms with Crippen LogP contribution in [-0.2, 0) is 16.6 Å². The van der Waals surface area contributed by atoms with E-state index in [1.807, 2.05) is 7.05 Å². The van der Waals surface area contributed by atoms with Crippen LogP contribution >= 0.6 is 11.3 Å². The molecule has 1 aliphatic rings. The average Bonchev–Trinajstić information content (AvgIpc) is 2.66. The summed E-state index contributed by atoms with van der Waals surface area (Å²) in [6.45, 7) is 4.84. The smallest absolute Gasteiger partial charge is 0.241 e. The number of hydrogen-bond donors (Lipinski definition) is 2. The molecule has 96 valence electrons. The number of sulfonamides is 1. The van der Waals surface area contributed by atoms with Crippen LogP contribution < -0.4 is 10.0 Å². The molecule has 0 spiro atoms. The van der Waals surface area contributed by atoms with E-state index in [2.05, 4.69) is 23.9 Å². The molecule has 1 fully saturated rings. The molecule has 2 rings (SSSR count). The number of hydrogen-bond acceptors (Lipinski definition) is 4. The van der Waals surface area contributed by atoms with Crippen LogP contribution in [-0.4, -0.2) is 21.5 Å². The average molecular weight is 274 g/mol. The maximum atomic E-state index is 12.1. The van der Waals surface area contributed by atoms with Crippen LogP contribution in [0.4, 0.5) is 0 Å². The number of rotatable bonds is 5. The highest BCUT2D eigenvalue weighted by Gasteiger charge is 2.47. The van der Waals surface area contributed by atoms with E-state index < -0.39 is 10.0 Å². The van der Waals surface area contributed by atoms with Crippen molar-refractivity contribution in [3.63, 3.8) is 0 Å². The summed E-state index contributed by atoms with van der Waals surface area (Å²) in [7, 11) is -1.49. The summed E-state index contributed by atoms with van der Waals surface area (Å²) < 4.78 is 26.9. The Morgan fingerprint density at radius 2 is 2.18 bits per heavy atom. The summed E-state index contributed by atoms with van der Waals surface area (Å²) in [5.74, 6) is 0. The Balaban J connectivity index is 2.09. The summed E-state index contributed by atoms with van der Waals surface area (Å²) >= 11 is 1.47. The third-order valence-electron chi connectivity index (χ3n) is 3.10. The van der Waals surface area contributed by atoms with Gasteiger partial charge in [-0.25, -0.2) is 13.1 Å². The van der Waals surface area contributed by atoms with Gasteiger partial charge in [0, 0.05) is 22.8 Å². The summed E-state index contributed by atoms with van der Waals surface area (Å²) in [6, 6.07) is 1.82. The van der Waals surface area contributed by atoms with Crippen molar-refractivity contribution in [3.8, 4) is 0 Å². The molecule has 1 heterocycles. The molecule has 1 aromatic heterocycles. The van der Waals surface area contributed by atoms with Crippen LogP contribution in [0.1, 0.15) is 25.1 Å². The minimum atomic E-state index is -3.33. The molecule has 1 unspecified atom stereocenters. The fraction of sp³-hybridized carbons (Fsp3) is 0.636. The zero-order chi connectivity index (χ0) is 12.7. The van der Waals surface area contributed by atoms with Gasteiger partial charge in [-0.05, 0) is 24.9 Å². The van der Waals surface area contributed by atoms with E-state index in [1.54, 1.807) is 11.4 Å². The Hall–Kier alpha value is -0.430. The van der Waals surface area contributed by atoms with Gasteiger partial charge in [-0.15, -0.1) is 11.3 Å². The molecule has 0 bridgehead atoms. The molecule has 6 heteroatoms. The van der Waals surface area contributed by atoms with Crippen LogP contribution in [0.3, 0.4) is 0 Å². The predicted octanol–water partition coefficient (Wildman–Crippen LogP) is 1.54. The van der Waals surface area contributed by atoms with Gasteiger partial charge in [0.25, 0.3) is 0 Å². The van der Waals surface area contributed by atoms with Gasteiger partial charge in [0.05, 0.1) is 4.90 Å². The first-order valence-corrected chi connectivity index (χ1v) is 7.96. The lowest BCUT2D eigenvalue weighted by Gasteiger charge is -2.06. The largest absolute Gasteiger partial charge is 0.315 e. The fourth-order valence-electron chi connectivity index (χ4n) is 1.69. The second kappa shape index (κ2) is 4.35. The van der Waals surface area contributed by atoms with Crippen molar-refractivity contribution in [2.24, 2.45) is 5.41 Å². The van der Waals surface area contributed by atoms with E-state index in [0.29, 0.717) is 11.4 Å². The van der Waals surface area contributed by atoms with E-state index in [9.17, 15) is 8.42 Å². The van der Waals surface area contributed by atoms with Gasteiger partial charge in [0.1, 0.15) is 0 Å². The summed E-state index contributed by atoms with van der Waals surface area (Å²) in [6.07, 6.45) is 0.916. The lowest BCUT2D eigenvalue weighted by atomic mass is 10.2. The zero-order valence-electron chi connectivity index (χ0n) is 10.3. The molecule has 0 radical (unpaired) electrons. The Morgan fingerprint density at radius 1 is 1.53 bits per heavy atom. The molecule has 1 aliphatic carbocycles. The second-order valence-corrected chi connectivity index (χ2v) is 7.86. The van der Waals surface area contributed by atoms with Crippen molar-refractivity contribution in [2.75, 3.05) is 7.05 Å². The molecular weight excluding hydrogens is 256 g/mol. The first kappa shape index (κ1) is 13.0. The third kappa shape index (κ3) is 2.88. The number of thiophene rings is 1. The molecule has 1 aromatic rings. The molecule has 0 aromatic carbocycles. The molecule has 1 atom stereocenters. The lowest BCUT2D eigenvalue weighted by Crippen LogP contribution is -2.28. The monoisotopic (exact) mass is 274 g/mol. The number of nitrogens with one attached hydrogen (secondary N) is 2. The Labute approximate surface area is 106 Å². The standard InChI is InChI=1S/C11H18N2O2S2/c1-11(2)5-10(11)13-17(14,15)9-4-8(6-12-3)16-7-9/h4,7,10,12-13H,5-6H2,1-3H3. The maximum Gasteiger partial charge on any atom is 0.241 e. The van der Waals surface area contributed by atoms with Crippen LogP contribution in [0, 0.1) is 5.41 Å². The second-order valence-electron chi connectivity index (χ2n) is 5.15. The van der Waals surface area contributed by atoms with Crippen LogP contribution in [0.25, 0.3) is 0 Å². The van der Waals surface area contributed by atoms with Gasteiger partial charge in [-0.2, -0.15) is 0 Å². The van der Waals surface area contributed by atoms with Gasteiger partial charge < -0.3 is 5.32 Å². The van der Waals surface area contributed by atoms with Crippen molar-refractivity contribution < 1.29 is 8.42 Å². The van der Waals surface area contributed by atoms with E-state index >= 15 is 0 Å². The van der Waals surface area contributed by atoms with E-state index in [0.717, 1.165) is 11.3 Å². The van der Waals surface area contributed by atoms with Crippen LogP contribution in [0.15, 0.2) is 16.3 Å². The molecule has 0 saturated heterocycles. The molecular formula is C11H18N2O2S2. The topological polar surface area (TPSA) is 58.2 Å². The van der Waals surface area contributed by atoms with Crippen molar-refractivity contribution in [2.45, 2.75) is 37.8 Å². The Morgan fingerprint density at radius 3 is 2.71 bits per heavy atom. The quantitative estimate of drug-likeness (QED) is 0.856. The van der Waals surface area contributed by atoms with Crippen molar-refractivity contribution in [1.82, 2.24) is 10.0 Å². The summed E-state index contributed by atoms with van der Waals surface area (Å²) in [5.41, 5.74) is 0.108. The predicted molar refractivity (Wildman–Crippen MR) is 69.6 cm³/mol. The molecule has 17 heavy (non-hydrogen) atoms. The molecule has 0 aliphatic heterocycles. The van der Waals surface area contributed by atoms with Crippen molar-refractivity contribution in [3.05, 3.63) is 16.3 Å². The summed E-state index contributed by atoms with van der Waals surface area (Å²) in [5, 5.41) is 4.71. The van der Waals surface area contributed by atoms with E-state index in [1.165, 1.54) is 11.3 Å². The minimum Gasteiger partial charge on any atom is -0.315 e. The van der Waals surface area contributed by atoms with Crippen molar-refractivity contribution >= 4 is 21.4 Å². The Bertz CT molecular complexity index is 505. The van der Waals surface area contributed by atoms with E-state index in [4.69, 9.17) is 0 Å². The first-order valence-electron chi connectivity index (χ1n) is 5.59. The Kier molecular flexibility index (Phi) is 3.33. The highest BCUT2D eigenvalue weighted by Crippen LogP contribution is 2.45. The van der Waals surface area contributed by atoms with Gasteiger partial charge in [0.15, 0.2) is 0 Å².